The van der Waals surface area contributed by atoms with E-state index in [4.69, 9.17) is 17.3 Å². The molecule has 0 aliphatic heterocycles. The van der Waals surface area contributed by atoms with Crippen molar-refractivity contribution >= 4 is 11.6 Å². The Labute approximate surface area is 125 Å². The van der Waals surface area contributed by atoms with E-state index >= 15 is 0 Å². The molecule has 0 saturated heterocycles. The molecule has 20 heavy (non-hydrogen) atoms. The van der Waals surface area contributed by atoms with Crippen LogP contribution in [0.5, 0.6) is 0 Å². The van der Waals surface area contributed by atoms with Crippen LogP contribution in [0.2, 0.25) is 5.02 Å². The summed E-state index contributed by atoms with van der Waals surface area (Å²) < 4.78 is 1.93. The fourth-order valence-corrected chi connectivity index (χ4v) is 2.67. The van der Waals surface area contributed by atoms with E-state index in [-0.39, 0.29) is 6.04 Å². The van der Waals surface area contributed by atoms with E-state index in [9.17, 15) is 0 Å². The van der Waals surface area contributed by atoms with Crippen LogP contribution < -0.4 is 5.73 Å². The highest BCUT2D eigenvalue weighted by Gasteiger charge is 2.13. The van der Waals surface area contributed by atoms with Gasteiger partial charge >= 0.3 is 0 Å². The van der Waals surface area contributed by atoms with Crippen molar-refractivity contribution in [2.45, 2.75) is 39.7 Å². The van der Waals surface area contributed by atoms with Crippen LogP contribution in [0.1, 0.15) is 40.5 Å². The van der Waals surface area contributed by atoms with Gasteiger partial charge in [-0.3, -0.25) is 4.68 Å². The first-order valence-corrected chi connectivity index (χ1v) is 7.28. The molecule has 0 fully saturated rings. The van der Waals surface area contributed by atoms with Crippen LogP contribution in [-0.2, 0) is 13.5 Å². The Morgan fingerprint density at radius 2 is 2.00 bits per heavy atom. The minimum Gasteiger partial charge on any atom is -0.324 e. The Hall–Kier alpha value is -1.32. The molecule has 1 aromatic heterocycles. The van der Waals surface area contributed by atoms with Crippen molar-refractivity contribution in [1.29, 1.82) is 0 Å². The van der Waals surface area contributed by atoms with Gasteiger partial charge in [0, 0.05) is 23.8 Å². The van der Waals surface area contributed by atoms with Gasteiger partial charge in [-0.15, -0.1) is 0 Å². The fraction of sp³-hybridized carbons (Fsp3) is 0.438. The van der Waals surface area contributed by atoms with Crippen molar-refractivity contribution in [3.05, 3.63) is 51.3 Å². The molecule has 0 bridgehead atoms. The number of hydrogen-bond donors (Lipinski definition) is 1. The zero-order valence-corrected chi connectivity index (χ0v) is 13.3. The Morgan fingerprint density at radius 3 is 2.55 bits per heavy atom. The van der Waals surface area contributed by atoms with Crippen molar-refractivity contribution in [3.63, 3.8) is 0 Å². The van der Waals surface area contributed by atoms with Gasteiger partial charge < -0.3 is 5.73 Å². The lowest BCUT2D eigenvalue weighted by molar-refractivity contribution is 0.647. The summed E-state index contributed by atoms with van der Waals surface area (Å²) in [5.41, 5.74) is 12.1. The first-order chi connectivity index (χ1) is 9.40. The van der Waals surface area contributed by atoms with Crippen LogP contribution in [0.15, 0.2) is 18.2 Å². The molecule has 1 unspecified atom stereocenters. The maximum atomic E-state index is 6.28. The van der Waals surface area contributed by atoms with E-state index in [0.717, 1.165) is 34.7 Å². The van der Waals surface area contributed by atoms with Crippen molar-refractivity contribution in [3.8, 4) is 0 Å². The number of rotatable bonds is 4. The van der Waals surface area contributed by atoms with Crippen LogP contribution in [0.4, 0.5) is 0 Å². The largest absolute Gasteiger partial charge is 0.324 e. The molecule has 0 radical (unpaired) electrons. The average molecular weight is 292 g/mol. The van der Waals surface area contributed by atoms with Gasteiger partial charge in [-0.05, 0) is 56.4 Å². The van der Waals surface area contributed by atoms with Crippen LogP contribution in [-0.4, -0.2) is 9.78 Å². The summed E-state index contributed by atoms with van der Waals surface area (Å²) in [5.74, 6) is 0. The molecule has 0 aliphatic rings. The molecular formula is C16H22ClN3. The molecule has 2 rings (SSSR count). The van der Waals surface area contributed by atoms with E-state index in [2.05, 4.69) is 25.0 Å². The maximum absolute atomic E-state index is 6.28. The third kappa shape index (κ3) is 3.05. The van der Waals surface area contributed by atoms with Crippen LogP contribution in [0, 0.1) is 20.8 Å². The molecule has 1 heterocycles. The minimum atomic E-state index is 0.00658. The highest BCUT2D eigenvalue weighted by Crippen LogP contribution is 2.24. The molecule has 1 atom stereocenters. The lowest BCUT2D eigenvalue weighted by Crippen LogP contribution is -2.12. The highest BCUT2D eigenvalue weighted by atomic mass is 35.5. The normalized spacial score (nSPS) is 12.7. The zero-order chi connectivity index (χ0) is 14.9. The number of benzene rings is 1. The molecule has 0 amide bonds. The molecule has 0 saturated carbocycles. The fourth-order valence-electron chi connectivity index (χ4n) is 2.49. The van der Waals surface area contributed by atoms with E-state index in [0.29, 0.717) is 0 Å². The predicted octanol–water partition coefficient (Wildman–Crippen LogP) is 3.63. The molecule has 2 N–H and O–H groups in total. The van der Waals surface area contributed by atoms with Crippen LogP contribution in [0.3, 0.4) is 0 Å². The lowest BCUT2D eigenvalue weighted by atomic mass is 9.98. The summed E-state index contributed by atoms with van der Waals surface area (Å²) in [6.45, 7) is 6.15. The summed E-state index contributed by atoms with van der Waals surface area (Å²) in [6, 6.07) is 6.07. The molecule has 1 aromatic carbocycles. The number of aryl methyl sites for hydroxylation is 3. The van der Waals surface area contributed by atoms with Gasteiger partial charge in [0.05, 0.1) is 5.69 Å². The molecule has 108 valence electrons. The van der Waals surface area contributed by atoms with Crippen molar-refractivity contribution in [1.82, 2.24) is 9.78 Å². The van der Waals surface area contributed by atoms with Crippen molar-refractivity contribution in [2.75, 3.05) is 0 Å². The van der Waals surface area contributed by atoms with Gasteiger partial charge in [0.2, 0.25) is 0 Å². The van der Waals surface area contributed by atoms with E-state index in [1.54, 1.807) is 0 Å². The maximum Gasteiger partial charge on any atom is 0.0628 e. The minimum absolute atomic E-state index is 0.00658. The summed E-state index contributed by atoms with van der Waals surface area (Å²) >= 11 is 6.16. The van der Waals surface area contributed by atoms with Gasteiger partial charge in [0.15, 0.2) is 0 Å². The monoisotopic (exact) mass is 291 g/mol. The average Bonchev–Trinajstić information content (AvgIpc) is 2.64. The van der Waals surface area contributed by atoms with E-state index < -0.39 is 0 Å². The Bertz CT molecular complexity index is 616. The van der Waals surface area contributed by atoms with Crippen molar-refractivity contribution < 1.29 is 0 Å². The van der Waals surface area contributed by atoms with Gasteiger partial charge in [-0.1, -0.05) is 23.7 Å². The molecule has 0 aliphatic carbocycles. The van der Waals surface area contributed by atoms with Crippen LogP contribution in [0.25, 0.3) is 0 Å². The second-order valence-corrected chi connectivity index (χ2v) is 5.83. The van der Waals surface area contributed by atoms with Crippen LogP contribution >= 0.6 is 11.6 Å². The Balaban J connectivity index is 2.08. The number of halogens is 1. The summed E-state index contributed by atoms with van der Waals surface area (Å²) in [7, 11) is 1.98. The topological polar surface area (TPSA) is 43.8 Å². The smallest absolute Gasteiger partial charge is 0.0628 e. The third-order valence-electron chi connectivity index (χ3n) is 3.99. The predicted molar refractivity (Wildman–Crippen MR) is 84.1 cm³/mol. The number of aromatic nitrogens is 2. The first-order valence-electron chi connectivity index (χ1n) is 6.91. The third-order valence-corrected chi connectivity index (χ3v) is 4.40. The standard InChI is InChI=1S/C16H22ClN3/c1-10-5-6-13(9-15(10)17)16(18)8-7-14-11(2)19-20(4)12(14)3/h5-6,9,16H,7-8,18H2,1-4H3. The lowest BCUT2D eigenvalue weighted by Gasteiger charge is -2.13. The number of nitrogens with zero attached hydrogens (tertiary/aromatic N) is 2. The molecule has 2 aromatic rings. The van der Waals surface area contributed by atoms with E-state index in [1.807, 2.05) is 30.8 Å². The quantitative estimate of drug-likeness (QED) is 0.935. The van der Waals surface area contributed by atoms with E-state index in [1.165, 1.54) is 11.3 Å². The van der Waals surface area contributed by atoms with Gasteiger partial charge in [-0.25, -0.2) is 0 Å². The zero-order valence-electron chi connectivity index (χ0n) is 12.6. The Kier molecular flexibility index (Phi) is 4.51. The summed E-state index contributed by atoms with van der Waals surface area (Å²) in [4.78, 5) is 0. The Morgan fingerprint density at radius 1 is 1.30 bits per heavy atom. The molecule has 4 heteroatoms. The number of nitrogens with two attached hydrogens (primary N) is 1. The van der Waals surface area contributed by atoms with Crippen molar-refractivity contribution in [2.24, 2.45) is 12.8 Å². The second kappa shape index (κ2) is 5.98. The van der Waals surface area contributed by atoms with Gasteiger partial charge in [-0.2, -0.15) is 5.10 Å². The molecular weight excluding hydrogens is 270 g/mol. The number of hydrogen-bond acceptors (Lipinski definition) is 2. The van der Waals surface area contributed by atoms with Gasteiger partial charge in [0.1, 0.15) is 0 Å². The summed E-state index contributed by atoms with van der Waals surface area (Å²) in [6.07, 6.45) is 1.84. The van der Waals surface area contributed by atoms with Gasteiger partial charge in [0.25, 0.3) is 0 Å². The SMILES string of the molecule is Cc1ccc(C(N)CCc2c(C)nn(C)c2C)cc1Cl. The molecule has 0 spiro atoms. The first kappa shape index (κ1) is 15.1. The highest BCUT2D eigenvalue weighted by molar-refractivity contribution is 6.31. The summed E-state index contributed by atoms with van der Waals surface area (Å²) in [5, 5.41) is 5.23. The molecule has 3 nitrogen and oxygen atoms in total. The second-order valence-electron chi connectivity index (χ2n) is 5.43.